The molecule has 2 aromatic heterocycles. The number of hydrogen-bond donors (Lipinski definition) is 1. The summed E-state index contributed by atoms with van der Waals surface area (Å²) >= 11 is 1.41. The van der Waals surface area contributed by atoms with E-state index in [1.807, 2.05) is 48.5 Å². The summed E-state index contributed by atoms with van der Waals surface area (Å²) in [6.45, 7) is 0. The van der Waals surface area contributed by atoms with E-state index in [9.17, 15) is 4.79 Å². The van der Waals surface area contributed by atoms with Gasteiger partial charge in [0.05, 0.1) is 5.75 Å². The van der Waals surface area contributed by atoms with Gasteiger partial charge in [0.15, 0.2) is 11.0 Å². The zero-order chi connectivity index (χ0) is 17.1. The Labute approximate surface area is 149 Å². The Morgan fingerprint density at radius 3 is 2.64 bits per heavy atom. The number of rotatable bonds is 6. The normalized spacial score (nSPS) is 13.6. The summed E-state index contributed by atoms with van der Waals surface area (Å²) in [6, 6.07) is 15.6. The van der Waals surface area contributed by atoms with Crippen LogP contribution in [-0.4, -0.2) is 31.4 Å². The second-order valence-electron chi connectivity index (χ2n) is 5.83. The summed E-state index contributed by atoms with van der Waals surface area (Å²) in [5, 5.41) is 12.3. The van der Waals surface area contributed by atoms with Crippen LogP contribution in [0.5, 0.6) is 0 Å². The largest absolute Gasteiger partial charge is 0.325 e. The lowest BCUT2D eigenvalue weighted by molar-refractivity contribution is -0.113. The molecule has 2 heterocycles. The summed E-state index contributed by atoms with van der Waals surface area (Å²) < 4.78 is 2.11. The number of para-hydroxylation sites is 1. The van der Waals surface area contributed by atoms with E-state index in [0.29, 0.717) is 11.8 Å². The number of carbonyl (C=O) groups is 1. The lowest BCUT2D eigenvalue weighted by Gasteiger charge is -2.08. The minimum atomic E-state index is -0.0547. The molecule has 0 aliphatic heterocycles. The van der Waals surface area contributed by atoms with Crippen LogP contribution >= 0.6 is 11.8 Å². The number of aromatic nitrogens is 4. The summed E-state index contributed by atoms with van der Waals surface area (Å²) in [7, 11) is 0. The van der Waals surface area contributed by atoms with Crippen molar-refractivity contribution in [1.29, 1.82) is 0 Å². The zero-order valence-electron chi connectivity index (χ0n) is 13.5. The predicted molar refractivity (Wildman–Crippen MR) is 97.3 cm³/mol. The van der Waals surface area contributed by atoms with Gasteiger partial charge < -0.3 is 5.32 Å². The number of hydrogen-bond acceptors (Lipinski definition) is 5. The van der Waals surface area contributed by atoms with Crippen LogP contribution in [0, 0.1) is 0 Å². The summed E-state index contributed by atoms with van der Waals surface area (Å²) in [5.74, 6) is 1.01. The van der Waals surface area contributed by atoms with Crippen molar-refractivity contribution in [2.75, 3.05) is 11.1 Å². The van der Waals surface area contributed by atoms with Crippen molar-refractivity contribution in [3.8, 4) is 11.5 Å². The van der Waals surface area contributed by atoms with Crippen LogP contribution in [0.15, 0.2) is 59.9 Å². The molecule has 4 rings (SSSR count). The Morgan fingerprint density at radius 2 is 1.92 bits per heavy atom. The van der Waals surface area contributed by atoms with E-state index >= 15 is 0 Å². The van der Waals surface area contributed by atoms with Crippen molar-refractivity contribution in [2.45, 2.75) is 24.0 Å². The molecular formula is C18H17N5OS. The SMILES string of the molecule is O=C(CSc1nnc(-c2ccccn2)n1C1CC1)Nc1ccccc1. The molecule has 6 nitrogen and oxygen atoms in total. The van der Waals surface area contributed by atoms with E-state index < -0.39 is 0 Å². The van der Waals surface area contributed by atoms with Gasteiger partial charge in [0, 0.05) is 17.9 Å². The van der Waals surface area contributed by atoms with E-state index in [0.717, 1.165) is 35.2 Å². The molecule has 1 aromatic carbocycles. The molecule has 7 heteroatoms. The topological polar surface area (TPSA) is 72.7 Å². The van der Waals surface area contributed by atoms with Crippen molar-refractivity contribution in [1.82, 2.24) is 19.7 Å². The molecule has 126 valence electrons. The van der Waals surface area contributed by atoms with Crippen LogP contribution in [0.25, 0.3) is 11.5 Å². The molecule has 1 aliphatic rings. The molecule has 1 saturated carbocycles. The van der Waals surface area contributed by atoms with Crippen LogP contribution in [-0.2, 0) is 4.79 Å². The minimum Gasteiger partial charge on any atom is -0.325 e. The molecule has 0 unspecified atom stereocenters. The molecule has 1 aliphatic carbocycles. The first-order valence-corrected chi connectivity index (χ1v) is 9.14. The van der Waals surface area contributed by atoms with Crippen LogP contribution in [0.2, 0.25) is 0 Å². The van der Waals surface area contributed by atoms with E-state index in [2.05, 4.69) is 25.1 Å². The van der Waals surface area contributed by atoms with Gasteiger partial charge in [-0.3, -0.25) is 14.3 Å². The van der Waals surface area contributed by atoms with Crippen LogP contribution in [0.1, 0.15) is 18.9 Å². The fraction of sp³-hybridized carbons (Fsp3) is 0.222. The van der Waals surface area contributed by atoms with Gasteiger partial charge in [-0.15, -0.1) is 10.2 Å². The highest BCUT2D eigenvalue weighted by atomic mass is 32.2. The van der Waals surface area contributed by atoms with Crippen molar-refractivity contribution >= 4 is 23.4 Å². The van der Waals surface area contributed by atoms with Gasteiger partial charge in [0.2, 0.25) is 5.91 Å². The number of thioether (sulfide) groups is 1. The maximum absolute atomic E-state index is 12.2. The highest BCUT2D eigenvalue weighted by Gasteiger charge is 2.30. The third-order valence-electron chi connectivity index (χ3n) is 3.86. The van der Waals surface area contributed by atoms with Gasteiger partial charge in [-0.25, -0.2) is 0 Å². The number of nitrogens with zero attached hydrogens (tertiary/aromatic N) is 4. The number of carbonyl (C=O) groups excluding carboxylic acids is 1. The van der Waals surface area contributed by atoms with Gasteiger partial charge in [-0.2, -0.15) is 0 Å². The fourth-order valence-electron chi connectivity index (χ4n) is 2.56. The van der Waals surface area contributed by atoms with E-state index in [1.54, 1.807) is 6.20 Å². The number of benzene rings is 1. The number of amides is 1. The highest BCUT2D eigenvalue weighted by molar-refractivity contribution is 7.99. The third kappa shape index (κ3) is 3.71. The summed E-state index contributed by atoms with van der Waals surface area (Å²) in [5.41, 5.74) is 1.61. The second-order valence-corrected chi connectivity index (χ2v) is 6.77. The van der Waals surface area contributed by atoms with Gasteiger partial charge >= 0.3 is 0 Å². The first kappa shape index (κ1) is 15.8. The van der Waals surface area contributed by atoms with Crippen molar-refractivity contribution in [2.24, 2.45) is 0 Å². The van der Waals surface area contributed by atoms with Crippen molar-refractivity contribution in [3.05, 3.63) is 54.7 Å². The predicted octanol–water partition coefficient (Wildman–Crippen LogP) is 3.41. The average Bonchev–Trinajstić information content (AvgIpc) is 3.40. The maximum Gasteiger partial charge on any atom is 0.234 e. The molecular weight excluding hydrogens is 334 g/mol. The molecule has 1 N–H and O–H groups in total. The Morgan fingerprint density at radius 1 is 1.12 bits per heavy atom. The number of nitrogens with one attached hydrogen (secondary N) is 1. The van der Waals surface area contributed by atoms with E-state index in [4.69, 9.17) is 0 Å². The van der Waals surface area contributed by atoms with Gasteiger partial charge in [-0.1, -0.05) is 36.0 Å². The summed E-state index contributed by atoms with van der Waals surface area (Å²) in [6.07, 6.45) is 3.98. The zero-order valence-corrected chi connectivity index (χ0v) is 14.3. The number of pyridine rings is 1. The molecule has 1 amide bonds. The second kappa shape index (κ2) is 7.06. The molecule has 3 aromatic rings. The first-order valence-electron chi connectivity index (χ1n) is 8.15. The Kier molecular flexibility index (Phi) is 4.47. The maximum atomic E-state index is 12.2. The fourth-order valence-corrected chi connectivity index (χ4v) is 3.36. The average molecular weight is 351 g/mol. The Balaban J connectivity index is 1.48. The molecule has 0 atom stereocenters. The summed E-state index contributed by atoms with van der Waals surface area (Å²) in [4.78, 5) is 16.5. The quantitative estimate of drug-likeness (QED) is 0.689. The Hall–Kier alpha value is -2.67. The molecule has 1 fully saturated rings. The van der Waals surface area contributed by atoms with Crippen molar-refractivity contribution < 1.29 is 4.79 Å². The molecule has 0 bridgehead atoms. The number of anilines is 1. The van der Waals surface area contributed by atoms with Gasteiger partial charge in [0.1, 0.15) is 5.69 Å². The lowest BCUT2D eigenvalue weighted by Crippen LogP contribution is -2.14. The minimum absolute atomic E-state index is 0.0547. The molecule has 0 spiro atoms. The van der Waals surface area contributed by atoms with Crippen LogP contribution in [0.4, 0.5) is 5.69 Å². The van der Waals surface area contributed by atoms with E-state index in [1.165, 1.54) is 11.8 Å². The smallest absolute Gasteiger partial charge is 0.234 e. The molecule has 25 heavy (non-hydrogen) atoms. The third-order valence-corrected chi connectivity index (χ3v) is 4.80. The van der Waals surface area contributed by atoms with Gasteiger partial charge in [-0.05, 0) is 37.1 Å². The lowest BCUT2D eigenvalue weighted by atomic mass is 10.3. The Bertz CT molecular complexity index is 862. The van der Waals surface area contributed by atoms with Crippen molar-refractivity contribution in [3.63, 3.8) is 0 Å². The first-order chi connectivity index (χ1) is 12.3. The standard InChI is InChI=1S/C18H17N5OS/c24-16(20-13-6-2-1-3-7-13)12-25-18-22-21-17(23(18)14-9-10-14)15-8-4-5-11-19-15/h1-8,11,14H,9-10,12H2,(H,20,24). The van der Waals surface area contributed by atoms with E-state index in [-0.39, 0.29) is 5.91 Å². The molecule has 0 radical (unpaired) electrons. The van der Waals surface area contributed by atoms with Gasteiger partial charge in [0.25, 0.3) is 0 Å². The molecule has 0 saturated heterocycles. The monoisotopic (exact) mass is 351 g/mol. The van der Waals surface area contributed by atoms with Crippen LogP contribution in [0.3, 0.4) is 0 Å². The highest BCUT2D eigenvalue weighted by Crippen LogP contribution is 2.40. The van der Waals surface area contributed by atoms with Crippen LogP contribution < -0.4 is 5.32 Å².